The summed E-state index contributed by atoms with van der Waals surface area (Å²) in [6, 6.07) is 7.90. The molecular formula is C11H6ClFN2OS. The molecule has 0 amide bonds. The minimum Gasteiger partial charge on any atom is -0.305 e. The summed E-state index contributed by atoms with van der Waals surface area (Å²) in [7, 11) is 0. The van der Waals surface area contributed by atoms with Crippen molar-refractivity contribution in [3.05, 3.63) is 51.0 Å². The SMILES string of the molecule is O=c1[nH]c2cccc(F)c2n1-c1ccc(Cl)s1. The summed E-state index contributed by atoms with van der Waals surface area (Å²) in [4.78, 5) is 14.4. The highest BCUT2D eigenvalue weighted by Gasteiger charge is 2.13. The van der Waals surface area contributed by atoms with Crippen molar-refractivity contribution >= 4 is 34.0 Å². The van der Waals surface area contributed by atoms with Crippen molar-refractivity contribution in [1.29, 1.82) is 0 Å². The molecule has 3 nitrogen and oxygen atoms in total. The van der Waals surface area contributed by atoms with Gasteiger partial charge in [-0.25, -0.2) is 13.8 Å². The van der Waals surface area contributed by atoms with Crippen molar-refractivity contribution in [3.8, 4) is 5.00 Å². The molecule has 86 valence electrons. The molecule has 0 radical (unpaired) electrons. The molecule has 0 spiro atoms. The van der Waals surface area contributed by atoms with E-state index in [2.05, 4.69) is 4.98 Å². The highest BCUT2D eigenvalue weighted by Crippen LogP contribution is 2.27. The largest absolute Gasteiger partial charge is 0.331 e. The van der Waals surface area contributed by atoms with Crippen molar-refractivity contribution in [1.82, 2.24) is 9.55 Å². The number of para-hydroxylation sites is 1. The second-order valence-corrected chi connectivity index (χ2v) is 5.17. The molecule has 0 saturated heterocycles. The molecule has 0 aliphatic rings. The van der Waals surface area contributed by atoms with E-state index in [1.165, 1.54) is 22.0 Å². The number of benzene rings is 1. The zero-order valence-corrected chi connectivity index (χ0v) is 9.98. The van der Waals surface area contributed by atoms with Gasteiger partial charge < -0.3 is 4.98 Å². The van der Waals surface area contributed by atoms with E-state index in [9.17, 15) is 9.18 Å². The van der Waals surface area contributed by atoms with E-state index in [4.69, 9.17) is 11.6 Å². The van der Waals surface area contributed by atoms with Gasteiger partial charge in [-0.05, 0) is 24.3 Å². The van der Waals surface area contributed by atoms with E-state index >= 15 is 0 Å². The van der Waals surface area contributed by atoms with Crippen LogP contribution in [0.15, 0.2) is 35.1 Å². The van der Waals surface area contributed by atoms with Gasteiger partial charge >= 0.3 is 5.69 Å². The van der Waals surface area contributed by atoms with Crippen LogP contribution in [0, 0.1) is 5.82 Å². The lowest BCUT2D eigenvalue weighted by molar-refractivity contribution is 0.634. The summed E-state index contributed by atoms with van der Waals surface area (Å²) in [5.41, 5.74) is 0.346. The lowest BCUT2D eigenvalue weighted by atomic mass is 10.3. The molecule has 1 aromatic carbocycles. The van der Waals surface area contributed by atoms with E-state index < -0.39 is 5.82 Å². The van der Waals surface area contributed by atoms with Gasteiger partial charge in [0.2, 0.25) is 0 Å². The number of halogens is 2. The van der Waals surface area contributed by atoms with Gasteiger partial charge in [-0.2, -0.15) is 0 Å². The number of hydrogen-bond donors (Lipinski definition) is 1. The van der Waals surface area contributed by atoms with Crippen molar-refractivity contribution in [3.63, 3.8) is 0 Å². The predicted molar refractivity (Wildman–Crippen MR) is 66.7 cm³/mol. The molecule has 0 unspecified atom stereocenters. The molecule has 0 atom stereocenters. The van der Waals surface area contributed by atoms with Gasteiger partial charge in [0, 0.05) is 0 Å². The maximum atomic E-state index is 13.7. The van der Waals surface area contributed by atoms with E-state index in [0.717, 1.165) is 0 Å². The number of nitrogens with one attached hydrogen (secondary N) is 1. The van der Waals surface area contributed by atoms with Gasteiger partial charge in [-0.3, -0.25) is 0 Å². The first-order chi connectivity index (χ1) is 8.16. The zero-order valence-electron chi connectivity index (χ0n) is 8.41. The molecule has 2 heterocycles. The first-order valence-corrected chi connectivity index (χ1v) is 6.01. The number of thiophene rings is 1. The van der Waals surface area contributed by atoms with Crippen molar-refractivity contribution in [2.75, 3.05) is 0 Å². The maximum Gasteiger partial charge on any atom is 0.331 e. The van der Waals surface area contributed by atoms with Crippen LogP contribution in [0.4, 0.5) is 4.39 Å². The standard InChI is InChI=1S/C11H6ClFN2OS/c12-8-4-5-9(17-8)15-10-6(13)2-1-3-7(10)14-11(15)16/h1-5H,(H,14,16). The molecule has 0 fully saturated rings. The van der Waals surface area contributed by atoms with Crippen molar-refractivity contribution in [2.45, 2.75) is 0 Å². The summed E-state index contributed by atoms with van der Waals surface area (Å²) in [6.45, 7) is 0. The lowest BCUT2D eigenvalue weighted by Gasteiger charge is -1.99. The van der Waals surface area contributed by atoms with Gasteiger partial charge in [0.1, 0.15) is 16.3 Å². The molecule has 2 aromatic heterocycles. The van der Waals surface area contributed by atoms with Gasteiger partial charge in [0.15, 0.2) is 0 Å². The van der Waals surface area contributed by atoms with Crippen LogP contribution in [-0.4, -0.2) is 9.55 Å². The van der Waals surface area contributed by atoms with Crippen LogP contribution in [0.3, 0.4) is 0 Å². The Balaban J connectivity index is 2.43. The third kappa shape index (κ3) is 1.59. The molecule has 0 aliphatic heterocycles. The molecule has 6 heteroatoms. The topological polar surface area (TPSA) is 37.8 Å². The molecule has 0 saturated carbocycles. The van der Waals surface area contributed by atoms with Crippen LogP contribution in [0.5, 0.6) is 0 Å². The van der Waals surface area contributed by atoms with Crippen molar-refractivity contribution in [2.24, 2.45) is 0 Å². The van der Waals surface area contributed by atoms with Gasteiger partial charge in [-0.1, -0.05) is 17.7 Å². The summed E-state index contributed by atoms with van der Waals surface area (Å²) in [5, 5.41) is 0.594. The Bertz CT molecular complexity index is 758. The normalized spacial score (nSPS) is 11.2. The smallest absolute Gasteiger partial charge is 0.305 e. The first-order valence-electron chi connectivity index (χ1n) is 4.82. The highest BCUT2D eigenvalue weighted by molar-refractivity contribution is 7.18. The minimum absolute atomic E-state index is 0.246. The maximum absolute atomic E-state index is 13.7. The molecule has 0 bridgehead atoms. The van der Waals surface area contributed by atoms with E-state index in [0.29, 0.717) is 14.9 Å². The summed E-state index contributed by atoms with van der Waals surface area (Å²) in [5.74, 6) is -0.439. The van der Waals surface area contributed by atoms with Gasteiger partial charge in [0.25, 0.3) is 0 Å². The number of aromatic nitrogens is 2. The molecule has 0 aliphatic carbocycles. The Morgan fingerprint density at radius 2 is 2.12 bits per heavy atom. The number of rotatable bonds is 1. The van der Waals surface area contributed by atoms with E-state index in [-0.39, 0.29) is 11.2 Å². The first kappa shape index (κ1) is 10.6. The summed E-state index contributed by atoms with van der Waals surface area (Å²) >= 11 is 7.04. The quantitative estimate of drug-likeness (QED) is 0.723. The number of imidazole rings is 1. The van der Waals surface area contributed by atoms with Gasteiger partial charge in [-0.15, -0.1) is 11.3 Å². The Labute approximate surface area is 104 Å². The molecule has 17 heavy (non-hydrogen) atoms. The third-order valence-electron chi connectivity index (χ3n) is 2.43. The fraction of sp³-hybridized carbons (Fsp3) is 0. The van der Waals surface area contributed by atoms with Crippen LogP contribution in [0.2, 0.25) is 4.34 Å². The number of hydrogen-bond acceptors (Lipinski definition) is 2. The zero-order chi connectivity index (χ0) is 12.0. The monoisotopic (exact) mass is 268 g/mol. The molecule has 1 N–H and O–H groups in total. The highest BCUT2D eigenvalue weighted by atomic mass is 35.5. The lowest BCUT2D eigenvalue weighted by Crippen LogP contribution is -2.13. The predicted octanol–water partition coefficient (Wildman–Crippen LogP) is 3.17. The molecule has 3 aromatic rings. The van der Waals surface area contributed by atoms with Crippen LogP contribution >= 0.6 is 22.9 Å². The van der Waals surface area contributed by atoms with E-state index in [1.54, 1.807) is 24.3 Å². The fourth-order valence-electron chi connectivity index (χ4n) is 1.75. The van der Waals surface area contributed by atoms with Crippen LogP contribution in [-0.2, 0) is 0 Å². The molecular weight excluding hydrogens is 263 g/mol. The Morgan fingerprint density at radius 3 is 2.82 bits per heavy atom. The molecule has 3 rings (SSSR count). The number of aromatic amines is 1. The number of fused-ring (bicyclic) bond motifs is 1. The van der Waals surface area contributed by atoms with E-state index in [1.807, 2.05) is 0 Å². The van der Waals surface area contributed by atoms with Crippen molar-refractivity contribution < 1.29 is 4.39 Å². The van der Waals surface area contributed by atoms with Crippen LogP contribution in [0.25, 0.3) is 16.0 Å². The van der Waals surface area contributed by atoms with Crippen LogP contribution in [0.1, 0.15) is 0 Å². The average Bonchev–Trinajstić information content (AvgIpc) is 2.82. The van der Waals surface area contributed by atoms with Crippen LogP contribution < -0.4 is 5.69 Å². The Morgan fingerprint density at radius 1 is 1.29 bits per heavy atom. The third-order valence-corrected chi connectivity index (χ3v) is 3.65. The number of nitrogens with zero attached hydrogens (tertiary/aromatic N) is 1. The minimum atomic E-state index is -0.439. The average molecular weight is 269 g/mol. The summed E-state index contributed by atoms with van der Waals surface area (Å²) < 4.78 is 15.6. The summed E-state index contributed by atoms with van der Waals surface area (Å²) in [6.07, 6.45) is 0. The Kier molecular flexibility index (Phi) is 2.31. The Hall–Kier alpha value is -1.59. The van der Waals surface area contributed by atoms with Gasteiger partial charge in [0.05, 0.1) is 9.85 Å². The fourth-order valence-corrected chi connectivity index (χ4v) is 2.79. The second kappa shape index (κ2) is 3.72. The second-order valence-electron chi connectivity index (χ2n) is 3.48. The number of H-pyrrole nitrogens is 1.